The summed E-state index contributed by atoms with van der Waals surface area (Å²) in [5.74, 6) is 0. The predicted octanol–water partition coefficient (Wildman–Crippen LogP) is 11.2. The number of hydrogen-bond acceptors (Lipinski definition) is 0. The van der Waals surface area contributed by atoms with Crippen LogP contribution in [0.3, 0.4) is 0 Å². The van der Waals surface area contributed by atoms with Crippen molar-refractivity contribution in [1.82, 2.24) is 9.13 Å². The zero-order chi connectivity index (χ0) is 29.0. The van der Waals surface area contributed by atoms with Crippen LogP contribution in [0.25, 0.3) is 77.2 Å². The summed E-state index contributed by atoms with van der Waals surface area (Å²) in [6, 6.07) is 61.4. The summed E-state index contributed by atoms with van der Waals surface area (Å²) in [6.07, 6.45) is 0. The standard InChI is InChI=1S/C42H28N2/c1-3-14-33(15-4-1)43-39-20-9-7-18-35(39)37-24-22-31(27-41(37)43)29-12-11-13-30(26-29)32-23-25-38-36-19-8-10-21-40(36)44(42(38)28-32)34-16-5-2-6-17-34/h1-28H. The van der Waals surface area contributed by atoms with Crippen LogP contribution in [0, 0.1) is 0 Å². The fraction of sp³-hybridized carbons (Fsp3) is 0. The topological polar surface area (TPSA) is 9.86 Å². The van der Waals surface area contributed by atoms with E-state index in [4.69, 9.17) is 0 Å². The van der Waals surface area contributed by atoms with E-state index in [1.165, 1.54) is 77.2 Å². The molecule has 0 N–H and O–H groups in total. The Kier molecular flexibility index (Phi) is 5.54. The van der Waals surface area contributed by atoms with Gasteiger partial charge in [-0.05, 0) is 76.9 Å². The Balaban J connectivity index is 1.21. The third kappa shape index (κ3) is 3.82. The summed E-state index contributed by atoms with van der Waals surface area (Å²) in [4.78, 5) is 0. The van der Waals surface area contributed by atoms with Crippen LogP contribution in [0.1, 0.15) is 0 Å². The minimum absolute atomic E-state index is 1.17. The minimum Gasteiger partial charge on any atom is -0.309 e. The van der Waals surface area contributed by atoms with E-state index in [0.29, 0.717) is 0 Å². The highest BCUT2D eigenvalue weighted by Crippen LogP contribution is 2.37. The molecule has 0 saturated carbocycles. The molecule has 206 valence electrons. The zero-order valence-corrected chi connectivity index (χ0v) is 24.1. The summed E-state index contributed by atoms with van der Waals surface area (Å²) in [6.45, 7) is 0. The van der Waals surface area contributed by atoms with Crippen molar-refractivity contribution in [3.63, 3.8) is 0 Å². The van der Waals surface area contributed by atoms with Gasteiger partial charge in [0.1, 0.15) is 0 Å². The molecule has 0 aliphatic rings. The summed E-state index contributed by atoms with van der Waals surface area (Å²) < 4.78 is 4.77. The van der Waals surface area contributed by atoms with E-state index in [1.807, 2.05) is 0 Å². The fourth-order valence-corrected chi connectivity index (χ4v) is 6.89. The second-order valence-corrected chi connectivity index (χ2v) is 11.4. The minimum atomic E-state index is 1.17. The molecule has 0 bridgehead atoms. The Morgan fingerprint density at radius 2 is 0.636 bits per heavy atom. The lowest BCUT2D eigenvalue weighted by Crippen LogP contribution is -1.93. The number of nitrogens with zero attached hydrogens (tertiary/aromatic N) is 2. The molecule has 2 heteroatoms. The fourth-order valence-electron chi connectivity index (χ4n) is 6.89. The molecule has 0 saturated heterocycles. The summed E-state index contributed by atoms with van der Waals surface area (Å²) in [7, 11) is 0. The molecule has 2 nitrogen and oxygen atoms in total. The highest BCUT2D eigenvalue weighted by Gasteiger charge is 2.15. The third-order valence-electron chi connectivity index (χ3n) is 8.91. The van der Waals surface area contributed by atoms with Crippen LogP contribution in [0.2, 0.25) is 0 Å². The van der Waals surface area contributed by atoms with Crippen molar-refractivity contribution in [2.24, 2.45) is 0 Å². The lowest BCUT2D eigenvalue weighted by atomic mass is 9.97. The van der Waals surface area contributed by atoms with Gasteiger partial charge < -0.3 is 9.13 Å². The number of rotatable bonds is 4. The molecule has 0 aliphatic heterocycles. The van der Waals surface area contributed by atoms with Crippen LogP contribution >= 0.6 is 0 Å². The van der Waals surface area contributed by atoms with Crippen LogP contribution < -0.4 is 0 Å². The molecule has 9 rings (SSSR count). The van der Waals surface area contributed by atoms with E-state index in [2.05, 4.69) is 179 Å². The number of para-hydroxylation sites is 4. The first kappa shape index (κ1) is 24.7. The summed E-state index contributed by atoms with van der Waals surface area (Å²) >= 11 is 0. The number of benzene rings is 7. The van der Waals surface area contributed by atoms with E-state index in [0.717, 1.165) is 0 Å². The predicted molar refractivity (Wildman–Crippen MR) is 186 cm³/mol. The van der Waals surface area contributed by atoms with Crippen LogP contribution in [0.4, 0.5) is 0 Å². The molecule has 0 atom stereocenters. The van der Waals surface area contributed by atoms with Gasteiger partial charge >= 0.3 is 0 Å². The zero-order valence-electron chi connectivity index (χ0n) is 24.1. The third-order valence-corrected chi connectivity index (χ3v) is 8.91. The maximum Gasteiger partial charge on any atom is 0.0547 e. The second kappa shape index (κ2) is 9.86. The molecular formula is C42H28N2. The Labute approximate surface area is 255 Å². The summed E-state index contributed by atoms with van der Waals surface area (Å²) in [5.41, 5.74) is 12.1. The van der Waals surface area contributed by atoms with Gasteiger partial charge in [0.25, 0.3) is 0 Å². The van der Waals surface area contributed by atoms with Crippen molar-refractivity contribution in [2.75, 3.05) is 0 Å². The number of fused-ring (bicyclic) bond motifs is 6. The van der Waals surface area contributed by atoms with E-state index < -0.39 is 0 Å². The number of aromatic nitrogens is 2. The SMILES string of the molecule is c1ccc(-n2c3ccccc3c3ccc(-c4cccc(-c5ccc6c7ccccc7n(-c7ccccc7)c6c5)c4)cc32)cc1. The first-order valence-corrected chi connectivity index (χ1v) is 15.1. The van der Waals surface area contributed by atoms with Gasteiger partial charge in [0, 0.05) is 32.9 Å². The molecule has 2 heterocycles. The van der Waals surface area contributed by atoms with Crippen molar-refractivity contribution in [1.29, 1.82) is 0 Å². The molecule has 7 aromatic carbocycles. The van der Waals surface area contributed by atoms with Gasteiger partial charge in [0.15, 0.2) is 0 Å². The van der Waals surface area contributed by atoms with Crippen LogP contribution in [0.5, 0.6) is 0 Å². The Morgan fingerprint density at radius 3 is 1.11 bits per heavy atom. The Bertz CT molecular complexity index is 2310. The molecule has 0 unspecified atom stereocenters. The molecule has 44 heavy (non-hydrogen) atoms. The average molecular weight is 561 g/mol. The first-order chi connectivity index (χ1) is 21.8. The van der Waals surface area contributed by atoms with Crippen LogP contribution in [-0.2, 0) is 0 Å². The Morgan fingerprint density at radius 1 is 0.250 bits per heavy atom. The van der Waals surface area contributed by atoms with Gasteiger partial charge in [-0.15, -0.1) is 0 Å². The number of hydrogen-bond donors (Lipinski definition) is 0. The Hall–Kier alpha value is -5.86. The molecule has 0 amide bonds. The van der Waals surface area contributed by atoms with Gasteiger partial charge in [-0.1, -0.05) is 115 Å². The van der Waals surface area contributed by atoms with Crippen LogP contribution in [0.15, 0.2) is 170 Å². The van der Waals surface area contributed by atoms with Crippen molar-refractivity contribution in [3.05, 3.63) is 170 Å². The molecule has 0 fully saturated rings. The van der Waals surface area contributed by atoms with Crippen molar-refractivity contribution >= 4 is 43.6 Å². The molecular weight excluding hydrogens is 532 g/mol. The largest absolute Gasteiger partial charge is 0.309 e. The van der Waals surface area contributed by atoms with E-state index >= 15 is 0 Å². The smallest absolute Gasteiger partial charge is 0.0547 e. The maximum atomic E-state index is 2.38. The van der Waals surface area contributed by atoms with Crippen molar-refractivity contribution in [2.45, 2.75) is 0 Å². The highest BCUT2D eigenvalue weighted by atomic mass is 15.0. The molecule has 0 spiro atoms. The molecule has 9 aromatic rings. The van der Waals surface area contributed by atoms with Crippen molar-refractivity contribution in [3.8, 4) is 33.6 Å². The van der Waals surface area contributed by atoms with Gasteiger partial charge in [-0.2, -0.15) is 0 Å². The molecule has 0 aliphatic carbocycles. The van der Waals surface area contributed by atoms with E-state index in [-0.39, 0.29) is 0 Å². The lowest BCUT2D eigenvalue weighted by molar-refractivity contribution is 1.18. The van der Waals surface area contributed by atoms with Gasteiger partial charge in [0.2, 0.25) is 0 Å². The lowest BCUT2D eigenvalue weighted by Gasteiger charge is -2.11. The maximum absolute atomic E-state index is 2.38. The van der Waals surface area contributed by atoms with E-state index in [1.54, 1.807) is 0 Å². The molecule has 0 radical (unpaired) electrons. The summed E-state index contributed by atoms with van der Waals surface area (Å²) in [5, 5.41) is 5.08. The van der Waals surface area contributed by atoms with Gasteiger partial charge in [-0.3, -0.25) is 0 Å². The average Bonchev–Trinajstić information content (AvgIpc) is 3.61. The second-order valence-electron chi connectivity index (χ2n) is 11.4. The van der Waals surface area contributed by atoms with Gasteiger partial charge in [-0.25, -0.2) is 0 Å². The monoisotopic (exact) mass is 560 g/mol. The molecule has 2 aromatic heterocycles. The van der Waals surface area contributed by atoms with E-state index in [9.17, 15) is 0 Å². The first-order valence-electron chi connectivity index (χ1n) is 15.1. The highest BCUT2D eigenvalue weighted by molar-refractivity contribution is 6.11. The quantitative estimate of drug-likeness (QED) is 0.203. The normalized spacial score (nSPS) is 11.6. The van der Waals surface area contributed by atoms with Crippen molar-refractivity contribution < 1.29 is 0 Å². The van der Waals surface area contributed by atoms with Gasteiger partial charge in [0.05, 0.1) is 22.1 Å². The van der Waals surface area contributed by atoms with Crippen LogP contribution in [-0.4, -0.2) is 9.13 Å².